The number of carbonyl (C=O) groups is 1. The highest BCUT2D eigenvalue weighted by molar-refractivity contribution is 7.93. The fourth-order valence-electron chi connectivity index (χ4n) is 3.12. The molecule has 1 N–H and O–H groups in total. The molecule has 7 nitrogen and oxygen atoms in total. The quantitative estimate of drug-likeness (QED) is 0.714. The number of esters is 1. The molecule has 1 fully saturated rings. The molecule has 0 radical (unpaired) electrons. The third-order valence-corrected chi connectivity index (χ3v) is 6.70. The number of sulfonamides is 1. The molecule has 1 aliphatic heterocycles. The molecule has 0 amide bonds. The Morgan fingerprint density at radius 2 is 1.93 bits per heavy atom. The summed E-state index contributed by atoms with van der Waals surface area (Å²) in [5.41, 5.74) is 0.0402. The van der Waals surface area contributed by atoms with Crippen molar-refractivity contribution in [2.45, 2.75) is 30.8 Å². The summed E-state index contributed by atoms with van der Waals surface area (Å²) in [4.78, 5) is 12.4. The summed E-state index contributed by atoms with van der Waals surface area (Å²) in [7, 11) is -4.04. The lowest BCUT2D eigenvalue weighted by Crippen LogP contribution is -2.42. The number of hydrogen-bond donors (Lipinski definition) is 1. The summed E-state index contributed by atoms with van der Waals surface area (Å²) in [6, 6.07) is 4.64. The SMILES string of the molecule is CCOC(=O)C1=CC2(CCC1S(=O)(=O)Nc1c(Cl)cccc1Cl)OCCO2. The van der Waals surface area contributed by atoms with Crippen LogP contribution in [0.4, 0.5) is 5.69 Å². The van der Waals surface area contributed by atoms with Gasteiger partial charge in [-0.2, -0.15) is 0 Å². The Morgan fingerprint density at radius 3 is 2.52 bits per heavy atom. The minimum Gasteiger partial charge on any atom is -0.463 e. The van der Waals surface area contributed by atoms with Crippen molar-refractivity contribution < 1.29 is 27.4 Å². The van der Waals surface area contributed by atoms with Crippen LogP contribution in [0.5, 0.6) is 0 Å². The van der Waals surface area contributed by atoms with Crippen LogP contribution in [0.25, 0.3) is 0 Å². The third kappa shape index (κ3) is 4.25. The van der Waals surface area contributed by atoms with E-state index in [0.717, 1.165) is 0 Å². The van der Waals surface area contributed by atoms with Gasteiger partial charge in [-0.25, -0.2) is 13.2 Å². The first-order valence-corrected chi connectivity index (χ1v) is 10.7. The highest BCUT2D eigenvalue weighted by Crippen LogP contribution is 2.39. The molecule has 1 heterocycles. The van der Waals surface area contributed by atoms with E-state index in [-0.39, 0.29) is 40.8 Å². The first-order chi connectivity index (χ1) is 12.8. The minimum atomic E-state index is -4.04. The van der Waals surface area contributed by atoms with Gasteiger partial charge in [0.1, 0.15) is 5.25 Å². The maximum atomic E-state index is 13.0. The zero-order chi connectivity index (χ0) is 19.7. The molecule has 2 aliphatic rings. The summed E-state index contributed by atoms with van der Waals surface area (Å²) in [5.74, 6) is -1.81. The monoisotopic (exact) mass is 435 g/mol. The Kier molecular flexibility index (Phi) is 6.02. The number of halogens is 2. The van der Waals surface area contributed by atoms with Gasteiger partial charge in [-0.05, 0) is 31.6 Å². The predicted octanol–water partition coefficient (Wildman–Crippen LogP) is 3.13. The van der Waals surface area contributed by atoms with Crippen molar-refractivity contribution >= 4 is 44.9 Å². The number of rotatable bonds is 5. The predicted molar refractivity (Wildman–Crippen MR) is 101 cm³/mol. The maximum Gasteiger partial charge on any atom is 0.335 e. The molecule has 1 unspecified atom stereocenters. The van der Waals surface area contributed by atoms with Crippen LogP contribution >= 0.6 is 23.2 Å². The van der Waals surface area contributed by atoms with Gasteiger partial charge >= 0.3 is 5.97 Å². The summed E-state index contributed by atoms with van der Waals surface area (Å²) in [6.07, 6.45) is 1.82. The smallest absolute Gasteiger partial charge is 0.335 e. The van der Waals surface area contributed by atoms with Gasteiger partial charge in [0, 0.05) is 6.42 Å². The largest absolute Gasteiger partial charge is 0.463 e. The average Bonchev–Trinajstić information content (AvgIpc) is 3.06. The Morgan fingerprint density at radius 1 is 1.30 bits per heavy atom. The van der Waals surface area contributed by atoms with Crippen molar-refractivity contribution in [3.8, 4) is 0 Å². The lowest BCUT2D eigenvalue weighted by Gasteiger charge is -2.33. The highest BCUT2D eigenvalue weighted by Gasteiger charge is 2.46. The molecule has 27 heavy (non-hydrogen) atoms. The molecule has 0 aromatic heterocycles. The average molecular weight is 436 g/mol. The van der Waals surface area contributed by atoms with E-state index in [4.69, 9.17) is 37.4 Å². The van der Waals surface area contributed by atoms with Gasteiger partial charge in [0.2, 0.25) is 10.0 Å². The molecule has 1 aromatic rings. The number of para-hydroxylation sites is 1. The van der Waals surface area contributed by atoms with E-state index in [1.54, 1.807) is 13.0 Å². The Balaban J connectivity index is 1.96. The molecule has 148 valence electrons. The maximum absolute atomic E-state index is 13.0. The molecular weight excluding hydrogens is 417 g/mol. The molecule has 1 aromatic carbocycles. The summed E-state index contributed by atoms with van der Waals surface area (Å²) >= 11 is 12.1. The lowest BCUT2D eigenvalue weighted by molar-refractivity contribution is -0.143. The number of anilines is 1. The van der Waals surface area contributed by atoms with Crippen molar-refractivity contribution in [3.05, 3.63) is 39.9 Å². The second-order valence-corrected chi connectivity index (χ2v) is 8.78. The van der Waals surface area contributed by atoms with Crippen LogP contribution in [0.1, 0.15) is 19.8 Å². The fraction of sp³-hybridized carbons (Fsp3) is 0.471. The van der Waals surface area contributed by atoms with E-state index in [2.05, 4.69) is 4.72 Å². The van der Waals surface area contributed by atoms with Crippen molar-refractivity contribution in [2.24, 2.45) is 0 Å². The minimum absolute atomic E-state index is 0.0272. The van der Waals surface area contributed by atoms with Crippen LogP contribution in [0.2, 0.25) is 10.0 Å². The van der Waals surface area contributed by atoms with Crippen LogP contribution in [-0.4, -0.2) is 45.2 Å². The molecule has 0 saturated carbocycles. The summed E-state index contributed by atoms with van der Waals surface area (Å²) in [5, 5.41) is -0.840. The number of nitrogens with one attached hydrogen (secondary N) is 1. The zero-order valence-corrected chi connectivity index (χ0v) is 16.9. The van der Waals surface area contributed by atoms with E-state index in [1.807, 2.05) is 0 Å². The van der Waals surface area contributed by atoms with E-state index in [0.29, 0.717) is 13.2 Å². The van der Waals surface area contributed by atoms with Crippen molar-refractivity contribution in [1.29, 1.82) is 0 Å². The van der Waals surface area contributed by atoms with E-state index in [1.165, 1.54) is 18.2 Å². The van der Waals surface area contributed by atoms with Crippen molar-refractivity contribution in [2.75, 3.05) is 24.5 Å². The Hall–Kier alpha value is -1.32. The number of benzene rings is 1. The summed E-state index contributed by atoms with van der Waals surface area (Å²) in [6.45, 7) is 2.50. The van der Waals surface area contributed by atoms with Crippen LogP contribution in [0.15, 0.2) is 29.8 Å². The highest BCUT2D eigenvalue weighted by atomic mass is 35.5. The molecular formula is C17H19Cl2NO6S. The topological polar surface area (TPSA) is 90.9 Å². The van der Waals surface area contributed by atoms with Crippen molar-refractivity contribution in [3.63, 3.8) is 0 Å². The van der Waals surface area contributed by atoms with E-state index in [9.17, 15) is 13.2 Å². The Labute approximate surface area is 167 Å². The Bertz CT molecular complexity index is 844. The van der Waals surface area contributed by atoms with Gasteiger partial charge in [0.05, 0.1) is 41.1 Å². The number of hydrogen-bond acceptors (Lipinski definition) is 6. The van der Waals surface area contributed by atoms with Gasteiger partial charge < -0.3 is 14.2 Å². The molecule has 1 saturated heterocycles. The third-order valence-electron chi connectivity index (χ3n) is 4.35. The van der Waals surface area contributed by atoms with E-state index >= 15 is 0 Å². The molecule has 1 atom stereocenters. The first kappa shape index (κ1) is 20.4. The first-order valence-electron chi connectivity index (χ1n) is 8.41. The van der Waals surface area contributed by atoms with Crippen molar-refractivity contribution in [1.82, 2.24) is 0 Å². The van der Waals surface area contributed by atoms with Crippen LogP contribution in [0.3, 0.4) is 0 Å². The van der Waals surface area contributed by atoms with Gasteiger partial charge in [-0.3, -0.25) is 4.72 Å². The lowest BCUT2D eigenvalue weighted by atomic mass is 9.94. The molecule has 3 rings (SSSR count). The van der Waals surface area contributed by atoms with E-state index < -0.39 is 27.0 Å². The zero-order valence-electron chi connectivity index (χ0n) is 14.5. The number of ether oxygens (including phenoxy) is 3. The van der Waals surface area contributed by atoms with Crippen LogP contribution in [-0.2, 0) is 29.0 Å². The summed E-state index contributed by atoms with van der Waals surface area (Å²) < 4.78 is 44.7. The molecule has 1 spiro atoms. The standard InChI is InChI=1S/C17H19Cl2NO6S/c1-2-24-16(21)11-10-17(25-8-9-26-17)7-6-14(11)27(22,23)20-15-12(18)4-3-5-13(15)19/h3-5,10,14,20H,2,6-9H2,1H3. The van der Waals surface area contributed by atoms with Gasteiger partial charge in [-0.1, -0.05) is 29.3 Å². The van der Waals surface area contributed by atoms with Gasteiger partial charge in [-0.15, -0.1) is 0 Å². The van der Waals surface area contributed by atoms with Gasteiger partial charge in [0.15, 0.2) is 5.79 Å². The second-order valence-electron chi connectivity index (χ2n) is 6.10. The number of carbonyl (C=O) groups excluding carboxylic acids is 1. The fourth-order valence-corrected chi connectivity index (χ4v) is 5.30. The van der Waals surface area contributed by atoms with Gasteiger partial charge in [0.25, 0.3) is 0 Å². The molecule has 0 bridgehead atoms. The molecule has 1 aliphatic carbocycles. The van der Waals surface area contributed by atoms with Crippen LogP contribution in [0, 0.1) is 0 Å². The van der Waals surface area contributed by atoms with Crippen LogP contribution < -0.4 is 4.72 Å². The second kappa shape index (κ2) is 7.97. The normalized spacial score (nSPS) is 21.7. The molecule has 10 heteroatoms.